The van der Waals surface area contributed by atoms with E-state index >= 15 is 0 Å². The molecule has 1 aromatic heterocycles. The fourth-order valence-electron chi connectivity index (χ4n) is 1.76. The maximum atomic E-state index is 13.0. The van der Waals surface area contributed by atoms with E-state index in [1.165, 1.54) is 12.1 Å². The molecule has 0 radical (unpaired) electrons. The monoisotopic (exact) mass is 261 g/mol. The summed E-state index contributed by atoms with van der Waals surface area (Å²) in [7, 11) is 0. The Morgan fingerprint density at radius 3 is 2.89 bits per heavy atom. The molecule has 1 atom stereocenters. The van der Waals surface area contributed by atoms with Gasteiger partial charge in [-0.25, -0.2) is 4.39 Å². The topological polar surface area (TPSA) is 60.0 Å². The molecule has 3 N–H and O–H groups in total. The number of carbonyl (C=O) groups excluding carboxylic acids is 1. The Morgan fingerprint density at radius 2 is 2.26 bits per heavy atom. The van der Waals surface area contributed by atoms with Crippen LogP contribution in [0, 0.1) is 5.82 Å². The first-order valence-corrected chi connectivity index (χ1v) is 6.01. The Balaban J connectivity index is 1.97. The fraction of sp³-hybridized carbons (Fsp3) is 0.214. The highest BCUT2D eigenvalue weighted by atomic mass is 19.1. The summed E-state index contributed by atoms with van der Waals surface area (Å²) in [6.07, 6.45) is 3.62. The van der Waals surface area contributed by atoms with Crippen LogP contribution in [-0.4, -0.2) is 10.5 Å². The van der Waals surface area contributed by atoms with Crippen molar-refractivity contribution in [3.63, 3.8) is 0 Å². The predicted octanol–water partition coefficient (Wildman–Crippen LogP) is 2.29. The van der Waals surface area contributed by atoms with E-state index in [-0.39, 0.29) is 24.3 Å². The second-order valence-electron chi connectivity index (χ2n) is 4.46. The van der Waals surface area contributed by atoms with Gasteiger partial charge in [-0.3, -0.25) is 4.79 Å². The Labute approximate surface area is 111 Å². The molecule has 4 nitrogen and oxygen atoms in total. The van der Waals surface area contributed by atoms with Gasteiger partial charge in [0.25, 0.3) is 0 Å². The molecular weight excluding hydrogens is 245 g/mol. The number of amides is 1. The van der Waals surface area contributed by atoms with E-state index < -0.39 is 0 Å². The summed E-state index contributed by atoms with van der Waals surface area (Å²) in [5.41, 5.74) is 7.16. The van der Waals surface area contributed by atoms with Crippen LogP contribution in [0.2, 0.25) is 0 Å². The van der Waals surface area contributed by atoms with Crippen molar-refractivity contribution < 1.29 is 9.18 Å². The van der Waals surface area contributed by atoms with Crippen LogP contribution >= 0.6 is 0 Å². The number of halogens is 1. The SMILES string of the molecule is CC(N)c1ccn(CC(=O)Nc2cccc(F)c2)c1. The summed E-state index contributed by atoms with van der Waals surface area (Å²) in [5, 5.41) is 2.64. The third-order valence-electron chi connectivity index (χ3n) is 2.73. The van der Waals surface area contributed by atoms with Gasteiger partial charge in [-0.2, -0.15) is 0 Å². The van der Waals surface area contributed by atoms with Gasteiger partial charge >= 0.3 is 0 Å². The zero-order valence-corrected chi connectivity index (χ0v) is 10.6. The van der Waals surface area contributed by atoms with E-state index in [1.807, 2.05) is 19.2 Å². The van der Waals surface area contributed by atoms with Gasteiger partial charge in [0.15, 0.2) is 0 Å². The van der Waals surface area contributed by atoms with Gasteiger partial charge in [-0.1, -0.05) is 6.07 Å². The Kier molecular flexibility index (Phi) is 3.97. The van der Waals surface area contributed by atoms with Crippen LogP contribution in [0.1, 0.15) is 18.5 Å². The number of nitrogens with one attached hydrogen (secondary N) is 1. The molecule has 2 rings (SSSR count). The smallest absolute Gasteiger partial charge is 0.244 e. The second-order valence-corrected chi connectivity index (χ2v) is 4.46. The molecule has 5 heteroatoms. The zero-order chi connectivity index (χ0) is 13.8. The first kappa shape index (κ1) is 13.3. The number of nitrogens with zero attached hydrogens (tertiary/aromatic N) is 1. The van der Waals surface area contributed by atoms with Crippen LogP contribution in [0.25, 0.3) is 0 Å². The van der Waals surface area contributed by atoms with Crippen molar-refractivity contribution >= 4 is 11.6 Å². The van der Waals surface area contributed by atoms with Crippen LogP contribution in [0.15, 0.2) is 42.7 Å². The van der Waals surface area contributed by atoms with Gasteiger partial charge in [-0.05, 0) is 36.8 Å². The van der Waals surface area contributed by atoms with E-state index in [9.17, 15) is 9.18 Å². The molecule has 1 amide bonds. The molecule has 0 fully saturated rings. The van der Waals surface area contributed by atoms with Gasteiger partial charge in [-0.15, -0.1) is 0 Å². The zero-order valence-electron chi connectivity index (χ0n) is 10.6. The van der Waals surface area contributed by atoms with Gasteiger partial charge < -0.3 is 15.6 Å². The molecule has 0 spiro atoms. The standard InChI is InChI=1S/C14H16FN3O/c1-10(16)11-5-6-18(8-11)9-14(19)17-13-4-2-3-12(15)7-13/h2-8,10H,9,16H2,1H3,(H,17,19). The molecule has 0 saturated heterocycles. The molecule has 0 aliphatic heterocycles. The Morgan fingerprint density at radius 1 is 1.47 bits per heavy atom. The van der Waals surface area contributed by atoms with Gasteiger partial charge in [0.1, 0.15) is 12.4 Å². The third kappa shape index (κ3) is 3.66. The first-order valence-electron chi connectivity index (χ1n) is 6.01. The van der Waals surface area contributed by atoms with Crippen molar-refractivity contribution in [1.82, 2.24) is 4.57 Å². The lowest BCUT2D eigenvalue weighted by atomic mass is 10.2. The lowest BCUT2D eigenvalue weighted by molar-refractivity contribution is -0.116. The average molecular weight is 261 g/mol. The minimum Gasteiger partial charge on any atom is -0.345 e. The van der Waals surface area contributed by atoms with E-state index in [0.29, 0.717) is 5.69 Å². The fourth-order valence-corrected chi connectivity index (χ4v) is 1.76. The Hall–Kier alpha value is -2.14. The van der Waals surface area contributed by atoms with Crippen molar-refractivity contribution in [1.29, 1.82) is 0 Å². The molecule has 0 bridgehead atoms. The van der Waals surface area contributed by atoms with E-state index in [4.69, 9.17) is 5.73 Å². The number of rotatable bonds is 4. The number of benzene rings is 1. The van der Waals surface area contributed by atoms with Crippen LogP contribution in [0.3, 0.4) is 0 Å². The molecule has 1 unspecified atom stereocenters. The third-order valence-corrected chi connectivity index (χ3v) is 2.73. The molecule has 19 heavy (non-hydrogen) atoms. The van der Waals surface area contributed by atoms with E-state index in [1.54, 1.807) is 22.9 Å². The first-order chi connectivity index (χ1) is 9.04. The lowest BCUT2D eigenvalue weighted by Crippen LogP contribution is -2.18. The summed E-state index contributed by atoms with van der Waals surface area (Å²) < 4.78 is 14.7. The number of anilines is 1. The highest BCUT2D eigenvalue weighted by Gasteiger charge is 2.06. The molecule has 100 valence electrons. The normalized spacial score (nSPS) is 12.2. The van der Waals surface area contributed by atoms with Gasteiger partial charge in [0, 0.05) is 24.1 Å². The molecular formula is C14H16FN3O. The van der Waals surface area contributed by atoms with Crippen molar-refractivity contribution in [2.75, 3.05) is 5.32 Å². The summed E-state index contributed by atoms with van der Waals surface area (Å²) in [5.74, 6) is -0.588. The van der Waals surface area contributed by atoms with E-state index in [0.717, 1.165) is 5.56 Å². The Bertz CT molecular complexity index is 578. The molecule has 1 aromatic carbocycles. The maximum Gasteiger partial charge on any atom is 0.244 e. The highest BCUT2D eigenvalue weighted by molar-refractivity contribution is 5.90. The van der Waals surface area contributed by atoms with Crippen LogP contribution in [0.4, 0.5) is 10.1 Å². The highest BCUT2D eigenvalue weighted by Crippen LogP contribution is 2.11. The largest absolute Gasteiger partial charge is 0.345 e. The predicted molar refractivity (Wildman–Crippen MR) is 72.1 cm³/mol. The van der Waals surface area contributed by atoms with E-state index in [2.05, 4.69) is 5.32 Å². The van der Waals surface area contributed by atoms with Crippen LogP contribution in [-0.2, 0) is 11.3 Å². The average Bonchev–Trinajstić information content (AvgIpc) is 2.77. The molecule has 0 saturated carbocycles. The lowest BCUT2D eigenvalue weighted by Gasteiger charge is -2.06. The van der Waals surface area contributed by atoms with Crippen molar-refractivity contribution in [3.05, 3.63) is 54.1 Å². The number of hydrogen-bond donors (Lipinski definition) is 2. The number of aromatic nitrogens is 1. The summed E-state index contributed by atoms with van der Waals surface area (Å²) in [6.45, 7) is 2.05. The molecule has 0 aliphatic carbocycles. The van der Waals surface area contributed by atoms with Crippen molar-refractivity contribution in [2.45, 2.75) is 19.5 Å². The molecule has 1 heterocycles. The maximum absolute atomic E-state index is 13.0. The van der Waals surface area contributed by atoms with Crippen molar-refractivity contribution in [3.8, 4) is 0 Å². The minimum absolute atomic E-state index is 0.0625. The van der Waals surface area contributed by atoms with Crippen molar-refractivity contribution in [2.24, 2.45) is 5.73 Å². The summed E-state index contributed by atoms with van der Waals surface area (Å²) in [4.78, 5) is 11.8. The molecule has 0 aliphatic rings. The number of carbonyl (C=O) groups is 1. The van der Waals surface area contributed by atoms with Crippen LogP contribution in [0.5, 0.6) is 0 Å². The molecule has 2 aromatic rings. The van der Waals surface area contributed by atoms with Crippen LogP contribution < -0.4 is 11.1 Å². The quantitative estimate of drug-likeness (QED) is 0.887. The summed E-state index contributed by atoms with van der Waals surface area (Å²) in [6, 6.07) is 7.61. The van der Waals surface area contributed by atoms with Gasteiger partial charge in [0.05, 0.1) is 0 Å². The number of hydrogen-bond acceptors (Lipinski definition) is 2. The number of nitrogens with two attached hydrogens (primary N) is 1. The summed E-state index contributed by atoms with van der Waals surface area (Å²) >= 11 is 0. The van der Waals surface area contributed by atoms with Gasteiger partial charge in [0.2, 0.25) is 5.91 Å². The second kappa shape index (κ2) is 5.67. The minimum atomic E-state index is -0.377.